The molecule has 1 N–H and O–H groups in total. The molecule has 0 aromatic heterocycles. The molecule has 4 nitrogen and oxygen atoms in total. The summed E-state index contributed by atoms with van der Waals surface area (Å²) in [6.45, 7) is 1.73. The van der Waals surface area contributed by atoms with Gasteiger partial charge in [0.05, 0.1) is 6.61 Å². The van der Waals surface area contributed by atoms with Gasteiger partial charge in [-0.3, -0.25) is 4.79 Å². The molecule has 0 amide bonds. The minimum Gasteiger partial charge on any atom is -0.480 e. The average molecular weight is 180 g/mol. The SMILES string of the molecule is COC(C)OCC(S)C(=O)O. The number of hydrogen-bond acceptors (Lipinski definition) is 4. The van der Waals surface area contributed by atoms with Crippen molar-refractivity contribution in [1.29, 1.82) is 0 Å². The summed E-state index contributed by atoms with van der Waals surface area (Å²) < 4.78 is 9.67. The number of hydrogen-bond donors (Lipinski definition) is 2. The Bertz CT molecular complexity index is 128. The molecule has 0 aliphatic rings. The largest absolute Gasteiger partial charge is 0.480 e. The van der Waals surface area contributed by atoms with E-state index in [0.717, 1.165) is 0 Å². The van der Waals surface area contributed by atoms with E-state index in [9.17, 15) is 4.79 Å². The molecule has 2 unspecified atom stereocenters. The molecule has 0 spiro atoms. The number of carbonyl (C=O) groups is 1. The molecule has 0 aromatic carbocycles. The summed E-state index contributed by atoms with van der Waals surface area (Å²) in [5, 5.41) is 7.59. The molecule has 0 rings (SSSR count). The number of rotatable bonds is 5. The van der Waals surface area contributed by atoms with Gasteiger partial charge in [-0.25, -0.2) is 0 Å². The van der Waals surface area contributed by atoms with Crippen LogP contribution >= 0.6 is 12.6 Å². The Kier molecular flexibility index (Phi) is 5.27. The van der Waals surface area contributed by atoms with Crippen LogP contribution in [0.2, 0.25) is 0 Å². The van der Waals surface area contributed by atoms with Crippen LogP contribution in [-0.2, 0) is 14.3 Å². The first-order chi connectivity index (χ1) is 5.07. The maximum atomic E-state index is 10.2. The smallest absolute Gasteiger partial charge is 0.318 e. The molecule has 5 heteroatoms. The zero-order valence-corrected chi connectivity index (χ0v) is 7.38. The summed E-state index contributed by atoms with van der Waals surface area (Å²) in [4.78, 5) is 10.2. The van der Waals surface area contributed by atoms with Gasteiger partial charge >= 0.3 is 5.97 Å². The molecular weight excluding hydrogens is 168 g/mol. The lowest BCUT2D eigenvalue weighted by molar-refractivity contribution is -0.142. The van der Waals surface area contributed by atoms with Crippen LogP contribution in [-0.4, -0.2) is 36.3 Å². The Morgan fingerprint density at radius 2 is 2.27 bits per heavy atom. The first-order valence-corrected chi connectivity index (χ1v) is 3.64. The Labute approximate surface area is 70.9 Å². The third-order valence-electron chi connectivity index (χ3n) is 1.11. The fraction of sp³-hybridized carbons (Fsp3) is 0.833. The van der Waals surface area contributed by atoms with Crippen molar-refractivity contribution in [2.45, 2.75) is 18.5 Å². The molecule has 0 aromatic rings. The topological polar surface area (TPSA) is 55.8 Å². The quantitative estimate of drug-likeness (QED) is 0.474. The Morgan fingerprint density at radius 3 is 2.64 bits per heavy atom. The highest BCUT2D eigenvalue weighted by Crippen LogP contribution is 1.99. The predicted octanol–water partition coefficient (Wildman–Crippen LogP) is 0.378. The van der Waals surface area contributed by atoms with Crippen LogP contribution < -0.4 is 0 Å². The van der Waals surface area contributed by atoms with Crippen molar-refractivity contribution in [1.82, 2.24) is 0 Å². The fourth-order valence-corrected chi connectivity index (χ4v) is 0.452. The van der Waals surface area contributed by atoms with E-state index in [4.69, 9.17) is 14.6 Å². The van der Waals surface area contributed by atoms with Gasteiger partial charge < -0.3 is 14.6 Å². The Morgan fingerprint density at radius 1 is 1.73 bits per heavy atom. The van der Waals surface area contributed by atoms with Crippen molar-refractivity contribution in [3.63, 3.8) is 0 Å². The first-order valence-electron chi connectivity index (χ1n) is 3.13. The standard InChI is InChI=1S/C6H12O4S/c1-4(9-2)10-3-5(11)6(7)8/h4-5,11H,3H2,1-2H3,(H,7,8). The van der Waals surface area contributed by atoms with Crippen molar-refractivity contribution >= 4 is 18.6 Å². The number of thiol groups is 1. The molecule has 0 saturated carbocycles. The minimum absolute atomic E-state index is 0.0491. The van der Waals surface area contributed by atoms with E-state index in [0.29, 0.717) is 0 Å². The van der Waals surface area contributed by atoms with Gasteiger partial charge in [-0.05, 0) is 6.92 Å². The van der Waals surface area contributed by atoms with E-state index >= 15 is 0 Å². The van der Waals surface area contributed by atoms with Gasteiger partial charge in [0.25, 0.3) is 0 Å². The fourth-order valence-electron chi connectivity index (χ4n) is 0.366. The van der Waals surface area contributed by atoms with Gasteiger partial charge in [0.15, 0.2) is 6.29 Å². The highest BCUT2D eigenvalue weighted by Gasteiger charge is 2.13. The summed E-state index contributed by atoms with van der Waals surface area (Å²) >= 11 is 3.76. The van der Waals surface area contributed by atoms with Crippen molar-refractivity contribution in [2.24, 2.45) is 0 Å². The number of carboxylic acids is 1. The van der Waals surface area contributed by atoms with Crippen molar-refractivity contribution in [3.05, 3.63) is 0 Å². The summed E-state index contributed by atoms with van der Waals surface area (Å²) in [5.41, 5.74) is 0. The Balaban J connectivity index is 3.45. The second kappa shape index (κ2) is 5.40. The molecular formula is C6H12O4S. The third kappa shape index (κ3) is 5.06. The van der Waals surface area contributed by atoms with E-state index in [-0.39, 0.29) is 12.9 Å². The lowest BCUT2D eigenvalue weighted by Gasteiger charge is -2.12. The molecule has 0 radical (unpaired) electrons. The van der Waals surface area contributed by atoms with Crippen LogP contribution in [0.3, 0.4) is 0 Å². The Hall–Kier alpha value is -0.260. The van der Waals surface area contributed by atoms with Crippen molar-refractivity contribution in [3.8, 4) is 0 Å². The zero-order valence-electron chi connectivity index (χ0n) is 6.48. The van der Waals surface area contributed by atoms with Crippen molar-refractivity contribution in [2.75, 3.05) is 13.7 Å². The third-order valence-corrected chi connectivity index (χ3v) is 1.48. The predicted molar refractivity (Wildman–Crippen MR) is 42.8 cm³/mol. The van der Waals surface area contributed by atoms with Gasteiger partial charge in [0.1, 0.15) is 5.25 Å². The summed E-state index contributed by atoms with van der Waals surface area (Å²) in [6, 6.07) is 0. The number of aliphatic carboxylic acids is 1. The molecule has 0 aliphatic heterocycles. The van der Waals surface area contributed by atoms with Crippen LogP contribution in [0.5, 0.6) is 0 Å². The maximum absolute atomic E-state index is 10.2. The van der Waals surface area contributed by atoms with Crippen LogP contribution in [0.25, 0.3) is 0 Å². The van der Waals surface area contributed by atoms with Crippen molar-refractivity contribution < 1.29 is 19.4 Å². The van der Waals surface area contributed by atoms with E-state index in [1.807, 2.05) is 0 Å². The second-order valence-electron chi connectivity index (χ2n) is 1.99. The van der Waals surface area contributed by atoms with E-state index in [1.54, 1.807) is 6.92 Å². The molecule has 0 fully saturated rings. The molecule has 0 aliphatic carbocycles. The monoisotopic (exact) mass is 180 g/mol. The van der Waals surface area contributed by atoms with Crippen LogP contribution in [0.4, 0.5) is 0 Å². The summed E-state index contributed by atoms with van der Waals surface area (Å²) in [7, 11) is 1.49. The highest BCUT2D eigenvalue weighted by atomic mass is 32.1. The van der Waals surface area contributed by atoms with Crippen LogP contribution in [0, 0.1) is 0 Å². The van der Waals surface area contributed by atoms with Gasteiger partial charge in [-0.2, -0.15) is 12.6 Å². The van der Waals surface area contributed by atoms with E-state index < -0.39 is 11.2 Å². The van der Waals surface area contributed by atoms with Crippen LogP contribution in [0.1, 0.15) is 6.92 Å². The molecule has 11 heavy (non-hydrogen) atoms. The number of methoxy groups -OCH3 is 1. The van der Waals surface area contributed by atoms with Gasteiger partial charge in [-0.1, -0.05) is 0 Å². The molecule has 0 heterocycles. The molecule has 2 atom stereocenters. The maximum Gasteiger partial charge on any atom is 0.318 e. The second-order valence-corrected chi connectivity index (χ2v) is 2.61. The summed E-state index contributed by atoms with van der Waals surface area (Å²) in [5.74, 6) is -0.989. The first kappa shape index (κ1) is 10.7. The lowest BCUT2D eigenvalue weighted by Crippen LogP contribution is -2.23. The van der Waals surface area contributed by atoms with E-state index in [1.165, 1.54) is 7.11 Å². The van der Waals surface area contributed by atoms with E-state index in [2.05, 4.69) is 12.6 Å². The molecule has 66 valence electrons. The summed E-state index contributed by atoms with van der Waals surface area (Å²) in [6.07, 6.45) is -0.385. The molecule has 0 saturated heterocycles. The van der Waals surface area contributed by atoms with Gasteiger partial charge in [0.2, 0.25) is 0 Å². The normalized spacial score (nSPS) is 15.9. The number of carboxylic acid groups (broad SMARTS) is 1. The van der Waals surface area contributed by atoms with Gasteiger partial charge in [0, 0.05) is 7.11 Å². The van der Waals surface area contributed by atoms with Crippen LogP contribution in [0.15, 0.2) is 0 Å². The average Bonchev–Trinajstić information content (AvgIpc) is 1.99. The lowest BCUT2D eigenvalue weighted by atomic mass is 10.4. The minimum atomic E-state index is -0.989. The number of ether oxygens (including phenoxy) is 2. The van der Waals surface area contributed by atoms with Gasteiger partial charge in [-0.15, -0.1) is 0 Å². The molecule has 0 bridgehead atoms. The highest BCUT2D eigenvalue weighted by molar-refractivity contribution is 7.81. The zero-order chi connectivity index (χ0) is 8.85.